The summed E-state index contributed by atoms with van der Waals surface area (Å²) in [4.78, 5) is 7.22. The third-order valence-electron chi connectivity index (χ3n) is 4.85. The van der Waals surface area contributed by atoms with Crippen LogP contribution < -0.4 is 11.1 Å². The molecule has 0 saturated carbocycles. The number of rotatable bonds is 2. The number of aryl methyl sites for hydroxylation is 1. The van der Waals surface area contributed by atoms with E-state index >= 15 is 0 Å². The Morgan fingerprint density at radius 1 is 1.33 bits per heavy atom. The molecule has 2 fully saturated rings. The lowest BCUT2D eigenvalue weighted by Gasteiger charge is -2.35. The van der Waals surface area contributed by atoms with E-state index < -0.39 is 0 Å². The molecule has 3 heterocycles. The molecule has 2 unspecified atom stereocenters. The molecule has 5 heteroatoms. The third kappa shape index (κ3) is 2.49. The van der Waals surface area contributed by atoms with Crippen LogP contribution in [0.4, 0.5) is 11.4 Å². The Bertz CT molecular complexity index is 666. The highest BCUT2D eigenvalue weighted by atomic mass is 32.1. The van der Waals surface area contributed by atoms with Gasteiger partial charge in [-0.15, -0.1) is 11.3 Å². The van der Waals surface area contributed by atoms with Gasteiger partial charge in [0.2, 0.25) is 0 Å². The zero-order valence-corrected chi connectivity index (χ0v) is 13.2. The van der Waals surface area contributed by atoms with Gasteiger partial charge in [-0.1, -0.05) is 0 Å². The van der Waals surface area contributed by atoms with Crippen LogP contribution in [-0.4, -0.2) is 35.1 Å². The molecule has 0 aliphatic carbocycles. The maximum absolute atomic E-state index is 6.23. The highest BCUT2D eigenvalue weighted by Crippen LogP contribution is 2.33. The van der Waals surface area contributed by atoms with Gasteiger partial charge in [-0.3, -0.25) is 0 Å². The molecule has 112 valence electrons. The summed E-state index contributed by atoms with van der Waals surface area (Å²) in [5, 5.41) is 4.77. The summed E-state index contributed by atoms with van der Waals surface area (Å²) in [5.41, 5.74) is 9.20. The summed E-state index contributed by atoms with van der Waals surface area (Å²) in [6.45, 7) is 4.56. The summed E-state index contributed by atoms with van der Waals surface area (Å²) in [7, 11) is 0. The normalized spacial score (nSPS) is 26.1. The number of thiazole rings is 1. The number of benzene rings is 1. The monoisotopic (exact) mass is 302 g/mol. The molecule has 21 heavy (non-hydrogen) atoms. The van der Waals surface area contributed by atoms with E-state index in [-0.39, 0.29) is 0 Å². The largest absolute Gasteiger partial charge is 0.397 e. The van der Waals surface area contributed by atoms with Crippen molar-refractivity contribution in [3.63, 3.8) is 0 Å². The van der Waals surface area contributed by atoms with Gasteiger partial charge < -0.3 is 16.0 Å². The first-order chi connectivity index (χ1) is 10.2. The predicted octanol–water partition coefficient (Wildman–Crippen LogP) is 3.23. The number of hydrogen-bond donors (Lipinski definition) is 2. The van der Waals surface area contributed by atoms with Crippen LogP contribution >= 0.6 is 11.3 Å². The van der Waals surface area contributed by atoms with Crippen molar-refractivity contribution in [3.8, 4) is 0 Å². The van der Waals surface area contributed by atoms with Gasteiger partial charge in [0.25, 0.3) is 0 Å². The Labute approximate surface area is 129 Å². The van der Waals surface area contributed by atoms with Crippen LogP contribution in [0, 0.1) is 6.92 Å². The van der Waals surface area contributed by atoms with Crippen molar-refractivity contribution in [2.45, 2.75) is 44.7 Å². The number of aromatic nitrogens is 1. The number of nitrogen functional groups attached to an aromatic ring is 1. The molecule has 1 aromatic heterocycles. The number of piperidine rings is 1. The van der Waals surface area contributed by atoms with Gasteiger partial charge in [-0.2, -0.15) is 0 Å². The van der Waals surface area contributed by atoms with Gasteiger partial charge in [0.05, 0.1) is 26.6 Å². The van der Waals surface area contributed by atoms with Crippen molar-refractivity contribution < 1.29 is 0 Å². The minimum Gasteiger partial charge on any atom is -0.397 e. The predicted molar refractivity (Wildman–Crippen MR) is 90.0 cm³/mol. The number of nitrogens with zero attached hydrogens (tertiary/aromatic N) is 2. The Morgan fingerprint density at radius 2 is 2.24 bits per heavy atom. The summed E-state index contributed by atoms with van der Waals surface area (Å²) < 4.78 is 1.18. The van der Waals surface area contributed by atoms with E-state index in [1.54, 1.807) is 11.3 Å². The van der Waals surface area contributed by atoms with Gasteiger partial charge in [-0.25, -0.2) is 4.98 Å². The molecular formula is C16H22N4S. The molecule has 2 atom stereocenters. The standard InChI is InChI=1S/C16H22N4S/c1-10-18-15-9-14(13(17)8-16(15)21-10)19-11-4-6-20-5-2-3-12(20)7-11/h8-9,11-12,19H,2-7,17H2,1H3. The van der Waals surface area contributed by atoms with E-state index in [1.165, 1.54) is 43.5 Å². The minimum absolute atomic E-state index is 0.545. The van der Waals surface area contributed by atoms with Crippen molar-refractivity contribution in [2.24, 2.45) is 0 Å². The number of nitrogens with two attached hydrogens (primary N) is 1. The fourth-order valence-electron chi connectivity index (χ4n) is 3.81. The van der Waals surface area contributed by atoms with E-state index in [0.717, 1.165) is 27.9 Å². The Balaban J connectivity index is 1.55. The van der Waals surface area contributed by atoms with E-state index in [4.69, 9.17) is 5.73 Å². The Kier molecular flexibility index (Phi) is 3.27. The van der Waals surface area contributed by atoms with Gasteiger partial charge in [0.15, 0.2) is 0 Å². The lowest BCUT2D eigenvalue weighted by atomic mass is 9.97. The van der Waals surface area contributed by atoms with Gasteiger partial charge in [0, 0.05) is 18.6 Å². The molecule has 3 N–H and O–H groups in total. The first-order valence-corrected chi connectivity index (χ1v) is 8.68. The van der Waals surface area contributed by atoms with Crippen molar-refractivity contribution in [1.82, 2.24) is 9.88 Å². The van der Waals surface area contributed by atoms with Crippen molar-refractivity contribution in [1.29, 1.82) is 0 Å². The third-order valence-corrected chi connectivity index (χ3v) is 5.78. The second-order valence-corrected chi connectivity index (χ2v) is 7.57. The summed E-state index contributed by atoms with van der Waals surface area (Å²) in [5.74, 6) is 0. The van der Waals surface area contributed by atoms with E-state index in [2.05, 4.69) is 27.3 Å². The minimum atomic E-state index is 0.545. The molecule has 0 amide bonds. The van der Waals surface area contributed by atoms with Gasteiger partial charge in [-0.05, 0) is 51.3 Å². The van der Waals surface area contributed by atoms with Crippen LogP contribution in [0.2, 0.25) is 0 Å². The molecular weight excluding hydrogens is 280 g/mol. The van der Waals surface area contributed by atoms with E-state index in [9.17, 15) is 0 Å². The molecule has 2 saturated heterocycles. The first kappa shape index (κ1) is 13.3. The maximum atomic E-state index is 6.23. The topological polar surface area (TPSA) is 54.2 Å². The maximum Gasteiger partial charge on any atom is 0.0907 e. The highest BCUT2D eigenvalue weighted by molar-refractivity contribution is 7.18. The number of anilines is 2. The molecule has 0 bridgehead atoms. The van der Waals surface area contributed by atoms with Crippen molar-refractivity contribution >= 4 is 32.9 Å². The molecule has 0 spiro atoms. The van der Waals surface area contributed by atoms with Gasteiger partial charge >= 0.3 is 0 Å². The van der Waals surface area contributed by atoms with Crippen LogP contribution in [-0.2, 0) is 0 Å². The zero-order valence-electron chi connectivity index (χ0n) is 12.4. The number of hydrogen-bond acceptors (Lipinski definition) is 5. The molecule has 2 aliphatic heterocycles. The van der Waals surface area contributed by atoms with Crippen LogP contribution in [0.15, 0.2) is 12.1 Å². The van der Waals surface area contributed by atoms with Crippen LogP contribution in [0.25, 0.3) is 10.2 Å². The summed E-state index contributed by atoms with van der Waals surface area (Å²) >= 11 is 1.71. The summed E-state index contributed by atoms with van der Waals surface area (Å²) in [6.07, 6.45) is 5.18. The fourth-order valence-corrected chi connectivity index (χ4v) is 4.66. The Morgan fingerprint density at radius 3 is 3.14 bits per heavy atom. The average Bonchev–Trinajstić information content (AvgIpc) is 3.04. The highest BCUT2D eigenvalue weighted by Gasteiger charge is 2.31. The zero-order chi connectivity index (χ0) is 14.4. The van der Waals surface area contributed by atoms with Gasteiger partial charge in [0.1, 0.15) is 0 Å². The van der Waals surface area contributed by atoms with Crippen LogP contribution in [0.5, 0.6) is 0 Å². The van der Waals surface area contributed by atoms with E-state index in [1.807, 2.05) is 6.92 Å². The molecule has 4 nitrogen and oxygen atoms in total. The van der Waals surface area contributed by atoms with Crippen molar-refractivity contribution in [2.75, 3.05) is 24.1 Å². The lowest BCUT2D eigenvalue weighted by molar-refractivity contribution is 0.188. The SMILES string of the molecule is Cc1nc2cc(NC3CCN4CCCC4C3)c(N)cc2s1. The summed E-state index contributed by atoms with van der Waals surface area (Å²) in [6, 6.07) is 5.51. The number of fused-ring (bicyclic) bond motifs is 2. The quantitative estimate of drug-likeness (QED) is 0.836. The molecule has 0 radical (unpaired) electrons. The van der Waals surface area contributed by atoms with Crippen LogP contribution in [0.1, 0.15) is 30.7 Å². The smallest absolute Gasteiger partial charge is 0.0907 e. The lowest BCUT2D eigenvalue weighted by Crippen LogP contribution is -2.42. The molecule has 1 aromatic carbocycles. The molecule has 2 aliphatic rings. The second-order valence-electron chi connectivity index (χ2n) is 6.34. The first-order valence-electron chi connectivity index (χ1n) is 7.86. The second kappa shape index (κ2) is 5.14. The average molecular weight is 302 g/mol. The molecule has 2 aromatic rings. The van der Waals surface area contributed by atoms with Crippen LogP contribution in [0.3, 0.4) is 0 Å². The van der Waals surface area contributed by atoms with E-state index in [0.29, 0.717) is 6.04 Å². The van der Waals surface area contributed by atoms with Crippen molar-refractivity contribution in [3.05, 3.63) is 17.1 Å². The molecule has 4 rings (SSSR count). The fraction of sp³-hybridized carbons (Fsp3) is 0.562. The Hall–Kier alpha value is -1.33. The number of nitrogens with one attached hydrogen (secondary N) is 1.